The van der Waals surface area contributed by atoms with Gasteiger partial charge < -0.3 is 10.1 Å². The summed E-state index contributed by atoms with van der Waals surface area (Å²) in [6.07, 6.45) is 2.65. The molecule has 108 valence electrons. The number of ether oxygens (including phenoxy) is 1. The molecule has 1 aromatic carbocycles. The number of hydrogen-bond acceptors (Lipinski definition) is 4. The van der Waals surface area contributed by atoms with Crippen molar-refractivity contribution in [1.29, 1.82) is 0 Å². The number of hydrogen-bond donors (Lipinski definition) is 1. The first-order valence-corrected chi connectivity index (χ1v) is 6.93. The van der Waals surface area contributed by atoms with Crippen molar-refractivity contribution in [3.8, 4) is 5.75 Å². The number of nitrogens with one attached hydrogen (secondary N) is 1. The minimum atomic E-state index is 0.0883. The molecule has 6 heteroatoms. The van der Waals surface area contributed by atoms with Crippen LogP contribution in [0.3, 0.4) is 0 Å². The minimum absolute atomic E-state index is 0.0883. The Kier molecular flexibility index (Phi) is 4.98. The van der Waals surface area contributed by atoms with Crippen LogP contribution >= 0.6 is 11.6 Å². The van der Waals surface area contributed by atoms with Gasteiger partial charge in [-0.1, -0.05) is 23.7 Å². The number of halogens is 1. The molecule has 0 saturated heterocycles. The van der Waals surface area contributed by atoms with Gasteiger partial charge in [-0.15, -0.1) is 5.10 Å². The van der Waals surface area contributed by atoms with Crippen molar-refractivity contribution in [2.75, 3.05) is 13.7 Å². The number of aromatic nitrogens is 3. The summed E-state index contributed by atoms with van der Waals surface area (Å²) >= 11 is 6.11. The van der Waals surface area contributed by atoms with Crippen LogP contribution < -0.4 is 10.1 Å². The topological polar surface area (TPSA) is 52.0 Å². The van der Waals surface area contributed by atoms with Gasteiger partial charge in [-0.2, -0.15) is 0 Å². The van der Waals surface area contributed by atoms with Gasteiger partial charge in [0.25, 0.3) is 0 Å². The van der Waals surface area contributed by atoms with Crippen LogP contribution in [-0.4, -0.2) is 28.6 Å². The molecule has 1 atom stereocenters. The molecule has 0 spiro atoms. The highest BCUT2D eigenvalue weighted by atomic mass is 35.5. The number of aryl methyl sites for hydroxylation is 1. The summed E-state index contributed by atoms with van der Waals surface area (Å²) in [5, 5.41) is 12.2. The van der Waals surface area contributed by atoms with Gasteiger partial charge in [0.05, 0.1) is 12.8 Å². The van der Waals surface area contributed by atoms with Crippen molar-refractivity contribution in [2.45, 2.75) is 19.4 Å². The molecule has 0 saturated carbocycles. The first-order chi connectivity index (χ1) is 9.63. The maximum atomic E-state index is 6.11. The first-order valence-electron chi connectivity index (χ1n) is 6.56. The molecule has 1 heterocycles. The Morgan fingerprint density at radius 1 is 1.45 bits per heavy atom. The number of nitrogens with zero attached hydrogens (tertiary/aromatic N) is 3. The molecule has 5 nitrogen and oxygen atoms in total. The average molecular weight is 295 g/mol. The summed E-state index contributed by atoms with van der Waals surface area (Å²) in [5.74, 6) is 0.823. The van der Waals surface area contributed by atoms with E-state index in [0.717, 1.165) is 30.0 Å². The first kappa shape index (κ1) is 14.8. The highest BCUT2D eigenvalue weighted by Gasteiger charge is 2.18. The Bertz CT molecular complexity index is 570. The van der Waals surface area contributed by atoms with Crippen LogP contribution in [0.4, 0.5) is 0 Å². The molecule has 0 amide bonds. The van der Waals surface area contributed by atoms with E-state index in [1.807, 2.05) is 31.4 Å². The van der Waals surface area contributed by atoms with Gasteiger partial charge in [0.1, 0.15) is 5.75 Å². The Hall–Kier alpha value is -1.59. The zero-order valence-electron chi connectivity index (χ0n) is 11.9. The zero-order chi connectivity index (χ0) is 14.5. The van der Waals surface area contributed by atoms with E-state index in [9.17, 15) is 0 Å². The Morgan fingerprint density at radius 2 is 2.25 bits per heavy atom. The second-order valence-electron chi connectivity index (χ2n) is 4.58. The molecule has 0 aliphatic carbocycles. The smallest absolute Gasteiger partial charge is 0.123 e. The average Bonchev–Trinajstić information content (AvgIpc) is 2.84. The molecule has 20 heavy (non-hydrogen) atoms. The van der Waals surface area contributed by atoms with Gasteiger partial charge in [0.15, 0.2) is 0 Å². The molecule has 2 rings (SSSR count). The lowest BCUT2D eigenvalue weighted by molar-refractivity contribution is 0.399. The third-order valence-corrected chi connectivity index (χ3v) is 3.32. The molecular formula is C14H19ClN4O. The maximum absolute atomic E-state index is 6.11. The molecular weight excluding hydrogens is 276 g/mol. The fourth-order valence-corrected chi connectivity index (χ4v) is 2.39. The van der Waals surface area contributed by atoms with Crippen molar-refractivity contribution >= 4 is 11.6 Å². The summed E-state index contributed by atoms with van der Waals surface area (Å²) in [5.41, 5.74) is 1.97. The summed E-state index contributed by atoms with van der Waals surface area (Å²) in [4.78, 5) is 0. The summed E-state index contributed by atoms with van der Waals surface area (Å²) < 4.78 is 7.13. The molecule has 0 aliphatic heterocycles. The standard InChI is InChI=1S/C14H19ClN4O/c1-4-16-13(8-11-9-19(2)18-17-11)12-7-10(15)5-6-14(12)20-3/h5-7,9,13,16H,4,8H2,1-3H3. The number of likely N-dealkylation sites (N-methyl/N-ethyl adjacent to an activating group) is 1. The monoisotopic (exact) mass is 294 g/mol. The molecule has 0 fully saturated rings. The van der Waals surface area contributed by atoms with E-state index in [1.54, 1.807) is 11.8 Å². The van der Waals surface area contributed by atoms with Gasteiger partial charge in [-0.3, -0.25) is 4.68 Å². The van der Waals surface area contributed by atoms with Crippen LogP contribution in [0, 0.1) is 0 Å². The zero-order valence-corrected chi connectivity index (χ0v) is 12.7. The molecule has 1 aromatic heterocycles. The van der Waals surface area contributed by atoms with Crippen molar-refractivity contribution in [3.05, 3.63) is 40.7 Å². The normalized spacial score (nSPS) is 12.4. The summed E-state index contributed by atoms with van der Waals surface area (Å²) in [7, 11) is 3.52. The second kappa shape index (κ2) is 6.72. The fraction of sp³-hybridized carbons (Fsp3) is 0.429. The molecule has 2 aromatic rings. The van der Waals surface area contributed by atoms with Crippen molar-refractivity contribution in [2.24, 2.45) is 7.05 Å². The van der Waals surface area contributed by atoms with Gasteiger partial charge >= 0.3 is 0 Å². The molecule has 0 bridgehead atoms. The second-order valence-corrected chi connectivity index (χ2v) is 5.02. The van der Waals surface area contributed by atoms with Crippen molar-refractivity contribution in [1.82, 2.24) is 20.3 Å². The quantitative estimate of drug-likeness (QED) is 0.889. The highest BCUT2D eigenvalue weighted by Crippen LogP contribution is 2.30. The Morgan fingerprint density at radius 3 is 2.85 bits per heavy atom. The lowest BCUT2D eigenvalue weighted by atomic mass is 10.0. The minimum Gasteiger partial charge on any atom is -0.496 e. The lowest BCUT2D eigenvalue weighted by Gasteiger charge is -2.20. The van der Waals surface area contributed by atoms with Crippen LogP contribution in [0.15, 0.2) is 24.4 Å². The van der Waals surface area contributed by atoms with Gasteiger partial charge in [0, 0.05) is 36.3 Å². The predicted molar refractivity (Wildman–Crippen MR) is 79.1 cm³/mol. The van der Waals surface area contributed by atoms with E-state index < -0.39 is 0 Å². The Labute approximate surface area is 123 Å². The summed E-state index contributed by atoms with van der Waals surface area (Å²) in [6.45, 7) is 2.92. The van der Waals surface area contributed by atoms with Crippen LogP contribution in [0.25, 0.3) is 0 Å². The molecule has 1 unspecified atom stereocenters. The van der Waals surface area contributed by atoms with E-state index in [1.165, 1.54) is 0 Å². The molecule has 0 aliphatic rings. The Balaban J connectivity index is 2.30. The van der Waals surface area contributed by atoms with E-state index >= 15 is 0 Å². The summed E-state index contributed by atoms with van der Waals surface area (Å²) in [6, 6.07) is 5.74. The maximum Gasteiger partial charge on any atom is 0.123 e. The van der Waals surface area contributed by atoms with Crippen molar-refractivity contribution < 1.29 is 4.74 Å². The lowest BCUT2D eigenvalue weighted by Crippen LogP contribution is -2.23. The van der Waals surface area contributed by atoms with Gasteiger partial charge in [0.2, 0.25) is 0 Å². The van der Waals surface area contributed by atoms with Gasteiger partial charge in [-0.05, 0) is 24.7 Å². The van der Waals surface area contributed by atoms with Crippen LogP contribution in [-0.2, 0) is 13.5 Å². The van der Waals surface area contributed by atoms with Crippen LogP contribution in [0.1, 0.15) is 24.2 Å². The molecule has 1 N–H and O–H groups in total. The van der Waals surface area contributed by atoms with E-state index in [2.05, 4.69) is 22.6 Å². The number of rotatable bonds is 6. The largest absolute Gasteiger partial charge is 0.496 e. The van der Waals surface area contributed by atoms with E-state index in [4.69, 9.17) is 16.3 Å². The van der Waals surface area contributed by atoms with Crippen molar-refractivity contribution in [3.63, 3.8) is 0 Å². The van der Waals surface area contributed by atoms with Gasteiger partial charge in [-0.25, -0.2) is 0 Å². The SMILES string of the molecule is CCNC(Cc1cn(C)nn1)c1cc(Cl)ccc1OC. The fourth-order valence-electron chi connectivity index (χ4n) is 2.21. The number of methoxy groups -OCH3 is 1. The van der Waals surface area contributed by atoms with Crippen LogP contribution in [0.5, 0.6) is 5.75 Å². The highest BCUT2D eigenvalue weighted by molar-refractivity contribution is 6.30. The van der Waals surface area contributed by atoms with E-state index in [-0.39, 0.29) is 6.04 Å². The van der Waals surface area contributed by atoms with E-state index in [0.29, 0.717) is 5.02 Å². The third kappa shape index (κ3) is 3.49. The van der Waals surface area contributed by atoms with Crippen LogP contribution in [0.2, 0.25) is 5.02 Å². The molecule has 0 radical (unpaired) electrons. The predicted octanol–water partition coefficient (Wildman–Crippen LogP) is 2.37. The third-order valence-electron chi connectivity index (χ3n) is 3.08. The number of benzene rings is 1.